The van der Waals surface area contributed by atoms with Gasteiger partial charge in [0, 0.05) is 18.7 Å². The first-order valence-electron chi connectivity index (χ1n) is 6.58. The van der Waals surface area contributed by atoms with Gasteiger partial charge in [0.1, 0.15) is 11.5 Å². The van der Waals surface area contributed by atoms with E-state index < -0.39 is 0 Å². The molecule has 0 saturated heterocycles. The number of nitrogens with zero attached hydrogens (tertiary/aromatic N) is 2. The number of hydrogen-bond acceptors (Lipinski definition) is 4. The van der Waals surface area contributed by atoms with E-state index in [9.17, 15) is 4.79 Å². The molecule has 0 saturated carbocycles. The first kappa shape index (κ1) is 14.2. The first-order chi connectivity index (χ1) is 9.61. The molecule has 0 aromatic carbocycles. The summed E-state index contributed by atoms with van der Waals surface area (Å²) in [4.78, 5) is 13.8. The van der Waals surface area contributed by atoms with E-state index in [0.29, 0.717) is 19.6 Å². The van der Waals surface area contributed by atoms with Gasteiger partial charge in [0.15, 0.2) is 0 Å². The van der Waals surface area contributed by atoms with Gasteiger partial charge in [-0.3, -0.25) is 0 Å². The minimum atomic E-state index is -0.135. The summed E-state index contributed by atoms with van der Waals surface area (Å²) in [6.07, 6.45) is 1.60. The van der Waals surface area contributed by atoms with Gasteiger partial charge < -0.3 is 19.2 Å². The van der Waals surface area contributed by atoms with Crippen LogP contribution in [0.1, 0.15) is 29.7 Å². The van der Waals surface area contributed by atoms with Crippen molar-refractivity contribution in [3.63, 3.8) is 0 Å². The molecule has 2 aromatic rings. The number of amides is 2. The number of aryl methyl sites for hydroxylation is 2. The van der Waals surface area contributed by atoms with Gasteiger partial charge in [-0.05, 0) is 32.9 Å². The molecule has 0 atom stereocenters. The summed E-state index contributed by atoms with van der Waals surface area (Å²) in [6.45, 7) is 7.10. The van der Waals surface area contributed by atoms with Crippen LogP contribution in [-0.4, -0.2) is 22.6 Å². The smallest absolute Gasteiger partial charge is 0.318 e. The fraction of sp³-hybridized carbons (Fsp3) is 0.429. The zero-order chi connectivity index (χ0) is 14.5. The zero-order valence-corrected chi connectivity index (χ0v) is 12.0. The van der Waals surface area contributed by atoms with Crippen LogP contribution in [-0.2, 0) is 13.1 Å². The van der Waals surface area contributed by atoms with Crippen molar-refractivity contribution in [1.29, 1.82) is 0 Å². The van der Waals surface area contributed by atoms with Crippen LogP contribution in [0, 0.1) is 13.8 Å². The van der Waals surface area contributed by atoms with Crippen molar-refractivity contribution >= 4 is 6.03 Å². The highest BCUT2D eigenvalue weighted by atomic mass is 16.5. The van der Waals surface area contributed by atoms with Crippen molar-refractivity contribution in [2.75, 3.05) is 6.54 Å². The average Bonchev–Trinajstić information content (AvgIpc) is 3.05. The Balaban J connectivity index is 1.93. The molecule has 2 amide bonds. The second-order valence-corrected chi connectivity index (χ2v) is 4.55. The molecule has 0 spiro atoms. The fourth-order valence-corrected chi connectivity index (χ4v) is 1.95. The Hall–Kier alpha value is -2.24. The third-order valence-electron chi connectivity index (χ3n) is 3.19. The molecule has 108 valence electrons. The van der Waals surface area contributed by atoms with E-state index in [1.807, 2.05) is 32.9 Å². The molecule has 0 unspecified atom stereocenters. The maximum absolute atomic E-state index is 12.1. The lowest BCUT2D eigenvalue weighted by atomic mass is 10.2. The monoisotopic (exact) mass is 277 g/mol. The van der Waals surface area contributed by atoms with E-state index in [4.69, 9.17) is 8.94 Å². The molecule has 2 aromatic heterocycles. The molecule has 1 N–H and O–H groups in total. The number of carbonyl (C=O) groups is 1. The lowest BCUT2D eigenvalue weighted by Gasteiger charge is -2.20. The van der Waals surface area contributed by atoms with Crippen molar-refractivity contribution in [2.24, 2.45) is 0 Å². The highest BCUT2D eigenvalue weighted by Crippen LogP contribution is 2.12. The second kappa shape index (κ2) is 6.27. The summed E-state index contributed by atoms with van der Waals surface area (Å²) in [5.74, 6) is 1.50. The van der Waals surface area contributed by atoms with Crippen LogP contribution in [0.3, 0.4) is 0 Å². The summed E-state index contributed by atoms with van der Waals surface area (Å²) < 4.78 is 10.3. The minimum absolute atomic E-state index is 0.135. The molecule has 0 radical (unpaired) electrons. The van der Waals surface area contributed by atoms with Crippen LogP contribution in [0.4, 0.5) is 4.79 Å². The van der Waals surface area contributed by atoms with Gasteiger partial charge in [-0.1, -0.05) is 5.16 Å². The van der Waals surface area contributed by atoms with Crippen molar-refractivity contribution < 1.29 is 13.7 Å². The highest BCUT2D eigenvalue weighted by molar-refractivity contribution is 5.74. The normalized spacial score (nSPS) is 10.6. The number of carbonyl (C=O) groups excluding carboxylic acids is 1. The lowest BCUT2D eigenvalue weighted by molar-refractivity contribution is 0.193. The predicted molar refractivity (Wildman–Crippen MR) is 73.0 cm³/mol. The molecule has 6 nitrogen and oxygen atoms in total. The van der Waals surface area contributed by atoms with Gasteiger partial charge in [-0.2, -0.15) is 0 Å². The maximum atomic E-state index is 12.1. The zero-order valence-electron chi connectivity index (χ0n) is 12.0. The number of nitrogens with one attached hydrogen (secondary N) is 1. The SMILES string of the molecule is CCN(Cc1ccco1)C(=O)NCc1c(C)noc1C. The van der Waals surface area contributed by atoms with Gasteiger partial charge in [-0.25, -0.2) is 4.79 Å². The Morgan fingerprint density at radius 1 is 1.45 bits per heavy atom. The lowest BCUT2D eigenvalue weighted by Crippen LogP contribution is -2.39. The molecule has 2 heterocycles. The maximum Gasteiger partial charge on any atom is 0.318 e. The van der Waals surface area contributed by atoms with Gasteiger partial charge in [0.25, 0.3) is 0 Å². The van der Waals surface area contributed by atoms with E-state index in [1.54, 1.807) is 11.2 Å². The van der Waals surface area contributed by atoms with Gasteiger partial charge in [0.2, 0.25) is 0 Å². The Morgan fingerprint density at radius 2 is 2.25 bits per heavy atom. The van der Waals surface area contributed by atoms with Gasteiger partial charge in [-0.15, -0.1) is 0 Å². The van der Waals surface area contributed by atoms with Gasteiger partial charge >= 0.3 is 6.03 Å². The molecule has 0 fully saturated rings. The number of aromatic nitrogens is 1. The quantitative estimate of drug-likeness (QED) is 0.912. The molecule has 0 bridgehead atoms. The van der Waals surface area contributed by atoms with Crippen LogP contribution in [0.2, 0.25) is 0 Å². The second-order valence-electron chi connectivity index (χ2n) is 4.55. The van der Waals surface area contributed by atoms with Crippen molar-refractivity contribution in [3.8, 4) is 0 Å². The Kier molecular flexibility index (Phi) is 4.45. The van der Waals surface area contributed by atoms with Crippen molar-refractivity contribution in [2.45, 2.75) is 33.9 Å². The summed E-state index contributed by atoms with van der Waals surface area (Å²) in [6, 6.07) is 3.53. The summed E-state index contributed by atoms with van der Waals surface area (Å²) in [5, 5.41) is 6.74. The highest BCUT2D eigenvalue weighted by Gasteiger charge is 2.15. The van der Waals surface area contributed by atoms with Crippen LogP contribution in [0.25, 0.3) is 0 Å². The molecule has 0 aliphatic heterocycles. The van der Waals surface area contributed by atoms with Crippen molar-refractivity contribution in [1.82, 2.24) is 15.4 Å². The largest absolute Gasteiger partial charge is 0.467 e. The van der Waals surface area contributed by atoms with Crippen molar-refractivity contribution in [3.05, 3.63) is 41.2 Å². The number of furan rings is 1. The Labute approximate surface area is 117 Å². The number of urea groups is 1. The van der Waals surface area contributed by atoms with Crippen LogP contribution in [0.5, 0.6) is 0 Å². The van der Waals surface area contributed by atoms with Crippen LogP contribution in [0.15, 0.2) is 27.3 Å². The van der Waals surface area contributed by atoms with E-state index in [2.05, 4.69) is 10.5 Å². The third-order valence-corrected chi connectivity index (χ3v) is 3.19. The molecule has 6 heteroatoms. The fourth-order valence-electron chi connectivity index (χ4n) is 1.95. The van der Waals surface area contributed by atoms with E-state index in [1.165, 1.54) is 0 Å². The minimum Gasteiger partial charge on any atom is -0.467 e. The molecule has 20 heavy (non-hydrogen) atoms. The predicted octanol–water partition coefficient (Wildman–Crippen LogP) is 2.62. The number of hydrogen-bond donors (Lipinski definition) is 1. The summed E-state index contributed by atoms with van der Waals surface area (Å²) >= 11 is 0. The average molecular weight is 277 g/mol. The van der Waals surface area contributed by atoms with E-state index in [0.717, 1.165) is 22.8 Å². The molecule has 2 rings (SSSR count). The summed E-state index contributed by atoms with van der Waals surface area (Å²) in [5.41, 5.74) is 1.73. The van der Waals surface area contributed by atoms with E-state index in [-0.39, 0.29) is 6.03 Å². The molecular weight excluding hydrogens is 258 g/mol. The third kappa shape index (κ3) is 3.20. The Bertz CT molecular complexity index is 541. The first-order valence-corrected chi connectivity index (χ1v) is 6.58. The summed E-state index contributed by atoms with van der Waals surface area (Å²) in [7, 11) is 0. The van der Waals surface area contributed by atoms with Gasteiger partial charge in [0.05, 0.1) is 18.5 Å². The standard InChI is InChI=1S/C14H19N3O3/c1-4-17(9-12-6-5-7-19-12)14(18)15-8-13-10(2)16-20-11(13)3/h5-7H,4,8-9H2,1-3H3,(H,15,18). The topological polar surface area (TPSA) is 71.5 Å². The van der Waals surface area contributed by atoms with Crippen LogP contribution < -0.4 is 5.32 Å². The molecule has 0 aliphatic carbocycles. The Morgan fingerprint density at radius 3 is 2.80 bits per heavy atom. The van der Waals surface area contributed by atoms with Crippen LogP contribution >= 0.6 is 0 Å². The van der Waals surface area contributed by atoms with E-state index >= 15 is 0 Å². The molecule has 0 aliphatic rings. The number of rotatable bonds is 5. The molecular formula is C14H19N3O3.